The van der Waals surface area contributed by atoms with Gasteiger partial charge in [-0.2, -0.15) is 15.0 Å². The van der Waals surface area contributed by atoms with Crippen molar-refractivity contribution in [3.8, 4) is 5.95 Å². The zero-order chi connectivity index (χ0) is 13.9. The lowest BCUT2D eigenvalue weighted by Gasteiger charge is -2.05. The van der Waals surface area contributed by atoms with Gasteiger partial charge in [0.25, 0.3) is 0 Å². The molecule has 0 aliphatic carbocycles. The molecule has 0 radical (unpaired) electrons. The zero-order valence-corrected chi connectivity index (χ0v) is 11.2. The summed E-state index contributed by atoms with van der Waals surface area (Å²) >= 11 is 1.20. The first-order valence-corrected chi connectivity index (χ1v) is 6.34. The van der Waals surface area contributed by atoms with Gasteiger partial charge in [0, 0.05) is 12.4 Å². The van der Waals surface area contributed by atoms with Crippen LogP contribution in [0.3, 0.4) is 0 Å². The van der Waals surface area contributed by atoms with E-state index in [0.29, 0.717) is 22.1 Å². The van der Waals surface area contributed by atoms with Crippen LogP contribution in [0.25, 0.3) is 5.95 Å². The number of anilines is 1. The van der Waals surface area contributed by atoms with Crippen LogP contribution in [0.5, 0.6) is 0 Å². The molecule has 0 saturated carbocycles. The Morgan fingerprint density at radius 1 is 1.25 bits per heavy atom. The third-order valence-corrected chi connectivity index (χ3v) is 2.96. The Bertz CT molecular complexity index is 705. The minimum absolute atomic E-state index is 0.249. The highest BCUT2D eigenvalue weighted by Crippen LogP contribution is 2.22. The molecule has 0 atom stereocenters. The van der Waals surface area contributed by atoms with Gasteiger partial charge in [0.15, 0.2) is 0 Å². The largest absolute Gasteiger partial charge is 0.292 e. The van der Waals surface area contributed by atoms with Gasteiger partial charge in [-0.3, -0.25) is 15.1 Å². The molecular formula is C9H10N10S. The van der Waals surface area contributed by atoms with E-state index in [0.717, 1.165) is 0 Å². The molecule has 0 amide bonds. The highest BCUT2D eigenvalue weighted by molar-refractivity contribution is 7.99. The summed E-state index contributed by atoms with van der Waals surface area (Å²) in [6.07, 6.45) is 4.94. The van der Waals surface area contributed by atoms with Crippen LogP contribution in [-0.2, 0) is 0 Å². The van der Waals surface area contributed by atoms with Gasteiger partial charge in [-0.15, -0.1) is 5.10 Å². The molecule has 0 saturated heterocycles. The molecule has 0 fully saturated rings. The number of aryl methyl sites for hydroxylation is 1. The summed E-state index contributed by atoms with van der Waals surface area (Å²) in [5.74, 6) is 6.73. The van der Waals surface area contributed by atoms with Crippen molar-refractivity contribution < 1.29 is 0 Å². The van der Waals surface area contributed by atoms with Crippen molar-refractivity contribution in [1.29, 1.82) is 0 Å². The van der Waals surface area contributed by atoms with E-state index in [9.17, 15) is 0 Å². The first kappa shape index (κ1) is 12.5. The fourth-order valence-electron chi connectivity index (χ4n) is 1.40. The molecule has 0 unspecified atom stereocenters. The molecule has 3 aromatic heterocycles. The van der Waals surface area contributed by atoms with Crippen molar-refractivity contribution in [3.05, 3.63) is 24.5 Å². The lowest BCUT2D eigenvalue weighted by atomic mass is 10.8. The molecule has 11 heteroatoms. The molecule has 4 N–H and O–H groups in total. The first-order valence-electron chi connectivity index (χ1n) is 5.52. The van der Waals surface area contributed by atoms with Gasteiger partial charge in [0.2, 0.25) is 22.2 Å². The van der Waals surface area contributed by atoms with E-state index in [1.807, 2.05) is 6.92 Å². The SMILES string of the molecule is Cc1nc(Sc2nc(NN)nc(-n3ccnc3)n2)n[nH]1. The Hall–Kier alpha value is -2.53. The monoisotopic (exact) mass is 290 g/mol. The molecule has 0 spiro atoms. The number of rotatable bonds is 4. The van der Waals surface area contributed by atoms with E-state index in [1.165, 1.54) is 11.8 Å². The number of H-pyrrole nitrogens is 1. The van der Waals surface area contributed by atoms with Crippen LogP contribution in [0.15, 0.2) is 29.0 Å². The van der Waals surface area contributed by atoms with E-state index < -0.39 is 0 Å². The number of nitrogens with zero attached hydrogens (tertiary/aromatic N) is 7. The van der Waals surface area contributed by atoms with Crippen LogP contribution in [0.4, 0.5) is 5.95 Å². The van der Waals surface area contributed by atoms with Crippen LogP contribution >= 0.6 is 11.8 Å². The third-order valence-electron chi connectivity index (χ3n) is 2.23. The van der Waals surface area contributed by atoms with Gasteiger partial charge in [0.1, 0.15) is 12.2 Å². The van der Waals surface area contributed by atoms with Crippen molar-refractivity contribution in [2.75, 3.05) is 5.43 Å². The Balaban J connectivity index is 1.96. The van der Waals surface area contributed by atoms with Crippen molar-refractivity contribution in [2.24, 2.45) is 5.84 Å². The number of nitrogen functional groups attached to an aromatic ring is 1. The Labute approximate surface area is 117 Å². The van der Waals surface area contributed by atoms with Crippen LogP contribution in [-0.4, -0.2) is 39.7 Å². The summed E-state index contributed by atoms with van der Waals surface area (Å²) < 4.78 is 1.65. The molecule has 3 aromatic rings. The Morgan fingerprint density at radius 2 is 2.15 bits per heavy atom. The summed E-state index contributed by atoms with van der Waals surface area (Å²) in [5, 5.41) is 7.71. The fourth-order valence-corrected chi connectivity index (χ4v) is 2.09. The van der Waals surface area contributed by atoms with Gasteiger partial charge in [-0.05, 0) is 18.7 Å². The van der Waals surface area contributed by atoms with E-state index in [2.05, 4.69) is 40.5 Å². The lowest BCUT2D eigenvalue weighted by Crippen LogP contribution is -2.13. The molecule has 102 valence electrons. The smallest absolute Gasteiger partial charge is 0.242 e. The summed E-state index contributed by atoms with van der Waals surface area (Å²) in [7, 11) is 0. The van der Waals surface area contributed by atoms with Gasteiger partial charge < -0.3 is 0 Å². The maximum atomic E-state index is 5.36. The van der Waals surface area contributed by atoms with Crippen molar-refractivity contribution in [3.63, 3.8) is 0 Å². The molecule has 0 aliphatic rings. The van der Waals surface area contributed by atoms with Crippen LogP contribution < -0.4 is 11.3 Å². The van der Waals surface area contributed by atoms with Gasteiger partial charge >= 0.3 is 0 Å². The van der Waals surface area contributed by atoms with Gasteiger partial charge in [-0.25, -0.2) is 15.8 Å². The number of nitrogens with one attached hydrogen (secondary N) is 2. The normalized spacial score (nSPS) is 10.7. The van der Waals surface area contributed by atoms with Crippen molar-refractivity contribution in [1.82, 2.24) is 39.7 Å². The van der Waals surface area contributed by atoms with Crippen molar-refractivity contribution >= 4 is 17.7 Å². The standard InChI is InChI=1S/C9H10N10S/c1-5-12-9(18-17-5)20-8-14-6(16-10)13-7(15-8)19-3-2-11-4-19/h2-4H,10H2,1H3,(H,12,17,18)(H,13,14,15,16). The molecule has 0 aromatic carbocycles. The predicted octanol–water partition coefficient (Wildman–Crippen LogP) is -0.0794. The molecule has 3 heterocycles. The Kier molecular flexibility index (Phi) is 3.26. The number of imidazole rings is 1. The second-order valence-corrected chi connectivity index (χ2v) is 4.60. The average molecular weight is 290 g/mol. The second kappa shape index (κ2) is 5.22. The fraction of sp³-hybridized carbons (Fsp3) is 0.111. The van der Waals surface area contributed by atoms with Crippen LogP contribution in [0, 0.1) is 6.92 Å². The third kappa shape index (κ3) is 2.57. The number of nitrogens with two attached hydrogens (primary N) is 1. The van der Waals surface area contributed by atoms with Crippen molar-refractivity contribution in [2.45, 2.75) is 17.2 Å². The van der Waals surface area contributed by atoms with E-state index in [1.54, 1.807) is 23.3 Å². The molecule has 10 nitrogen and oxygen atoms in total. The number of hydrogen-bond donors (Lipinski definition) is 3. The average Bonchev–Trinajstić information content (AvgIpc) is 3.10. The number of hydrogen-bond acceptors (Lipinski definition) is 9. The highest BCUT2D eigenvalue weighted by atomic mass is 32.2. The predicted molar refractivity (Wildman–Crippen MR) is 70.0 cm³/mol. The number of aromatic nitrogens is 8. The quantitative estimate of drug-likeness (QED) is 0.445. The first-order chi connectivity index (χ1) is 9.74. The molecular weight excluding hydrogens is 280 g/mol. The van der Waals surface area contributed by atoms with Crippen LogP contribution in [0.2, 0.25) is 0 Å². The maximum Gasteiger partial charge on any atom is 0.242 e. The summed E-state index contributed by atoms with van der Waals surface area (Å²) in [5.41, 5.74) is 2.40. The van der Waals surface area contributed by atoms with Gasteiger partial charge in [0.05, 0.1) is 0 Å². The van der Waals surface area contributed by atoms with Crippen LogP contribution in [0.1, 0.15) is 5.82 Å². The van der Waals surface area contributed by atoms with E-state index >= 15 is 0 Å². The minimum Gasteiger partial charge on any atom is -0.292 e. The van der Waals surface area contributed by atoms with E-state index in [4.69, 9.17) is 5.84 Å². The lowest BCUT2D eigenvalue weighted by molar-refractivity contribution is 0.821. The number of aromatic amines is 1. The molecule has 0 bridgehead atoms. The maximum absolute atomic E-state index is 5.36. The number of hydrazine groups is 1. The zero-order valence-electron chi connectivity index (χ0n) is 10.3. The summed E-state index contributed by atoms with van der Waals surface area (Å²) in [4.78, 5) is 20.7. The molecule has 3 rings (SSSR count). The summed E-state index contributed by atoms with van der Waals surface area (Å²) in [6.45, 7) is 1.81. The second-order valence-electron chi connectivity index (χ2n) is 3.66. The highest BCUT2D eigenvalue weighted by Gasteiger charge is 2.11. The minimum atomic E-state index is 0.249. The topological polar surface area (TPSA) is 136 Å². The van der Waals surface area contributed by atoms with Gasteiger partial charge in [-0.1, -0.05) is 0 Å². The summed E-state index contributed by atoms with van der Waals surface area (Å²) in [6, 6.07) is 0. The Morgan fingerprint density at radius 3 is 2.80 bits per heavy atom. The molecule has 0 aliphatic heterocycles. The van der Waals surface area contributed by atoms with E-state index in [-0.39, 0.29) is 5.95 Å². The molecule has 20 heavy (non-hydrogen) atoms.